The highest BCUT2D eigenvalue weighted by Gasteiger charge is 2.35. The Morgan fingerprint density at radius 2 is 2.12 bits per heavy atom. The highest BCUT2D eigenvalue weighted by Crippen LogP contribution is 2.23. The van der Waals surface area contributed by atoms with Gasteiger partial charge in [-0.15, -0.1) is 11.8 Å². The van der Waals surface area contributed by atoms with Gasteiger partial charge in [-0.1, -0.05) is 0 Å². The van der Waals surface area contributed by atoms with Gasteiger partial charge in [0.15, 0.2) is 5.96 Å². The van der Waals surface area contributed by atoms with Crippen LogP contribution in [0.1, 0.15) is 19.3 Å². The molecule has 2 atom stereocenters. The van der Waals surface area contributed by atoms with E-state index >= 15 is 0 Å². The zero-order chi connectivity index (χ0) is 18.1. The number of nitrogens with one attached hydrogen (secondary N) is 2. The Kier molecular flexibility index (Phi) is 8.55. The van der Waals surface area contributed by atoms with Gasteiger partial charge in [0.25, 0.3) is 0 Å². The summed E-state index contributed by atoms with van der Waals surface area (Å²) < 4.78 is 0. The average molecular weight is 358 g/mol. The fraction of sp³-hybridized carbons (Fsp3) is 0.714. The fourth-order valence-electron chi connectivity index (χ4n) is 2.11. The molecule has 0 bridgehead atoms. The Morgan fingerprint density at radius 1 is 1.42 bits per heavy atom. The van der Waals surface area contributed by atoms with Gasteiger partial charge in [-0.3, -0.25) is 24.3 Å². The summed E-state index contributed by atoms with van der Waals surface area (Å²) in [7, 11) is 3.08. The normalized spacial score (nSPS) is 19.5. The Hall–Kier alpha value is -1.81. The molecule has 6 N–H and O–H groups in total. The lowest BCUT2D eigenvalue weighted by molar-refractivity contribution is -0.136. The molecule has 2 unspecified atom stereocenters. The molecule has 0 radical (unpaired) electrons. The van der Waals surface area contributed by atoms with Crippen LogP contribution in [0.3, 0.4) is 0 Å². The van der Waals surface area contributed by atoms with Crippen LogP contribution in [0, 0.1) is 0 Å². The van der Waals surface area contributed by atoms with Crippen LogP contribution in [0.4, 0.5) is 0 Å². The second-order valence-corrected chi connectivity index (χ2v) is 6.74. The van der Waals surface area contributed by atoms with Crippen molar-refractivity contribution < 1.29 is 14.4 Å². The number of carbonyl (C=O) groups excluding carboxylic acids is 3. The molecule has 24 heavy (non-hydrogen) atoms. The molecule has 0 aliphatic carbocycles. The van der Waals surface area contributed by atoms with E-state index in [9.17, 15) is 14.4 Å². The summed E-state index contributed by atoms with van der Waals surface area (Å²) in [6.45, 7) is 1.01. The third-order valence-electron chi connectivity index (χ3n) is 3.64. The quantitative estimate of drug-likeness (QED) is 0.165. The molecule has 10 heteroatoms. The Morgan fingerprint density at radius 3 is 2.71 bits per heavy atom. The molecule has 0 spiro atoms. The summed E-state index contributed by atoms with van der Waals surface area (Å²) in [5, 5.41) is 5.29. The van der Waals surface area contributed by atoms with Crippen molar-refractivity contribution in [2.45, 2.75) is 30.6 Å². The molecule has 1 aliphatic heterocycles. The summed E-state index contributed by atoms with van der Waals surface area (Å²) in [6.07, 6.45) is 1.46. The maximum atomic E-state index is 11.8. The number of aliphatic imine (C=N–C) groups is 1. The third kappa shape index (κ3) is 6.36. The van der Waals surface area contributed by atoms with Crippen molar-refractivity contribution in [3.8, 4) is 0 Å². The zero-order valence-corrected chi connectivity index (χ0v) is 14.9. The van der Waals surface area contributed by atoms with E-state index in [4.69, 9.17) is 11.5 Å². The number of amides is 3. The van der Waals surface area contributed by atoms with Crippen LogP contribution in [0.2, 0.25) is 0 Å². The van der Waals surface area contributed by atoms with E-state index in [1.54, 1.807) is 7.05 Å². The van der Waals surface area contributed by atoms with Gasteiger partial charge in [0.2, 0.25) is 17.7 Å². The largest absolute Gasteiger partial charge is 0.370 e. The number of likely N-dealkylation sites (tertiary alicyclic amines) is 1. The SMILES string of the molecule is CN=C(N)NCCCC(N)C(=O)NCCSC1CC(=O)N(C)C1=O. The molecular weight excluding hydrogens is 332 g/mol. The molecule has 0 saturated carbocycles. The van der Waals surface area contributed by atoms with Gasteiger partial charge in [-0.25, -0.2) is 0 Å². The van der Waals surface area contributed by atoms with Crippen molar-refractivity contribution >= 4 is 35.4 Å². The number of hydrogen-bond acceptors (Lipinski definition) is 6. The molecule has 3 amide bonds. The second kappa shape index (κ2) is 10.1. The molecule has 1 heterocycles. The molecule has 1 saturated heterocycles. The molecule has 0 aromatic carbocycles. The first-order chi connectivity index (χ1) is 11.4. The number of carbonyl (C=O) groups is 3. The summed E-state index contributed by atoms with van der Waals surface area (Å²) in [5.41, 5.74) is 11.3. The number of guanidine groups is 1. The Balaban J connectivity index is 2.13. The molecule has 9 nitrogen and oxygen atoms in total. The van der Waals surface area contributed by atoms with E-state index in [1.807, 2.05) is 0 Å². The van der Waals surface area contributed by atoms with Gasteiger partial charge >= 0.3 is 0 Å². The topological polar surface area (TPSA) is 143 Å². The molecule has 1 aliphatic rings. The number of hydrogen-bond donors (Lipinski definition) is 4. The minimum absolute atomic E-state index is 0.161. The van der Waals surface area contributed by atoms with Crippen molar-refractivity contribution in [1.29, 1.82) is 0 Å². The van der Waals surface area contributed by atoms with Crippen LogP contribution < -0.4 is 22.1 Å². The van der Waals surface area contributed by atoms with Crippen LogP contribution in [0.5, 0.6) is 0 Å². The maximum Gasteiger partial charge on any atom is 0.242 e. The van der Waals surface area contributed by atoms with Crippen LogP contribution in [-0.2, 0) is 14.4 Å². The molecule has 1 fully saturated rings. The number of imide groups is 1. The highest BCUT2D eigenvalue weighted by atomic mass is 32.2. The molecule has 0 aromatic heterocycles. The lowest BCUT2D eigenvalue weighted by atomic mass is 10.1. The number of rotatable bonds is 9. The summed E-state index contributed by atoms with van der Waals surface area (Å²) in [4.78, 5) is 39.9. The summed E-state index contributed by atoms with van der Waals surface area (Å²) in [6, 6.07) is -0.586. The molecule has 136 valence electrons. The van der Waals surface area contributed by atoms with Gasteiger partial charge in [-0.2, -0.15) is 0 Å². The number of thioether (sulfide) groups is 1. The van der Waals surface area contributed by atoms with Gasteiger partial charge in [0, 0.05) is 39.4 Å². The van der Waals surface area contributed by atoms with E-state index in [0.29, 0.717) is 37.6 Å². The smallest absolute Gasteiger partial charge is 0.242 e. The number of nitrogens with two attached hydrogens (primary N) is 2. The fourth-order valence-corrected chi connectivity index (χ4v) is 3.17. The molecular formula is C14H26N6O3S. The van der Waals surface area contributed by atoms with Crippen molar-refractivity contribution in [2.75, 3.05) is 32.9 Å². The average Bonchev–Trinajstić information content (AvgIpc) is 2.81. The molecule has 0 aromatic rings. The van der Waals surface area contributed by atoms with Crippen LogP contribution in [0.15, 0.2) is 4.99 Å². The summed E-state index contributed by atoms with van der Waals surface area (Å²) >= 11 is 1.38. The standard InChI is InChI=1S/C14H26N6O3S/c1-17-14(16)19-5-3-4-9(15)12(22)18-6-7-24-10-8-11(21)20(2)13(10)23/h9-10H,3-8,15H2,1-2H3,(H,18,22)(H3,16,17,19). The Labute approximate surface area is 146 Å². The van der Waals surface area contributed by atoms with Crippen molar-refractivity contribution in [3.05, 3.63) is 0 Å². The first-order valence-electron chi connectivity index (χ1n) is 7.78. The predicted octanol–water partition coefficient (Wildman–Crippen LogP) is -1.77. The third-order valence-corrected chi connectivity index (χ3v) is 4.85. The van der Waals surface area contributed by atoms with E-state index in [2.05, 4.69) is 15.6 Å². The number of nitrogens with zero attached hydrogens (tertiary/aromatic N) is 2. The monoisotopic (exact) mass is 358 g/mol. The van der Waals surface area contributed by atoms with E-state index < -0.39 is 6.04 Å². The Bertz CT molecular complexity index is 499. The maximum absolute atomic E-state index is 11.8. The predicted molar refractivity (Wildman–Crippen MR) is 94.4 cm³/mol. The van der Waals surface area contributed by atoms with Crippen molar-refractivity contribution in [2.24, 2.45) is 16.5 Å². The summed E-state index contributed by atoms with van der Waals surface area (Å²) in [5.74, 6) is 0.358. The zero-order valence-electron chi connectivity index (χ0n) is 14.1. The van der Waals surface area contributed by atoms with Crippen molar-refractivity contribution in [1.82, 2.24) is 15.5 Å². The van der Waals surface area contributed by atoms with Gasteiger partial charge < -0.3 is 22.1 Å². The second-order valence-electron chi connectivity index (χ2n) is 5.43. The van der Waals surface area contributed by atoms with Gasteiger partial charge in [0.1, 0.15) is 0 Å². The van der Waals surface area contributed by atoms with Gasteiger partial charge in [0.05, 0.1) is 11.3 Å². The minimum atomic E-state index is -0.586. The first kappa shape index (κ1) is 20.2. The first-order valence-corrected chi connectivity index (χ1v) is 8.83. The minimum Gasteiger partial charge on any atom is -0.370 e. The lowest BCUT2D eigenvalue weighted by Gasteiger charge is -2.13. The van der Waals surface area contributed by atoms with E-state index in [0.717, 1.165) is 4.90 Å². The van der Waals surface area contributed by atoms with Crippen LogP contribution in [0.25, 0.3) is 0 Å². The van der Waals surface area contributed by atoms with Crippen LogP contribution in [-0.4, -0.2) is 72.8 Å². The molecule has 1 rings (SSSR count). The van der Waals surface area contributed by atoms with Gasteiger partial charge in [-0.05, 0) is 12.8 Å². The lowest BCUT2D eigenvalue weighted by Crippen LogP contribution is -2.42. The van der Waals surface area contributed by atoms with Crippen LogP contribution >= 0.6 is 11.8 Å². The van der Waals surface area contributed by atoms with Crippen molar-refractivity contribution in [3.63, 3.8) is 0 Å². The highest BCUT2D eigenvalue weighted by molar-refractivity contribution is 8.00. The van der Waals surface area contributed by atoms with E-state index in [1.165, 1.54) is 18.8 Å². The van der Waals surface area contributed by atoms with E-state index in [-0.39, 0.29) is 29.4 Å².